The molecule has 12 nitrogen and oxygen atoms in total. The number of amides is 4. The van der Waals surface area contributed by atoms with Gasteiger partial charge in [-0.1, -0.05) is 75.8 Å². The third-order valence-corrected chi connectivity index (χ3v) is 12.4. The molecule has 1 saturated heterocycles. The number of carbonyl (C=O) groups excluding carboxylic acids is 3. The van der Waals surface area contributed by atoms with Gasteiger partial charge in [-0.25, -0.2) is 18.0 Å². The van der Waals surface area contributed by atoms with Gasteiger partial charge in [-0.05, 0) is 62.5 Å². The van der Waals surface area contributed by atoms with Gasteiger partial charge in [0.15, 0.2) is 0 Å². The second-order valence-corrected chi connectivity index (χ2v) is 15.7. The van der Waals surface area contributed by atoms with E-state index in [0.29, 0.717) is 30.7 Å². The first-order valence-electron chi connectivity index (χ1n) is 17.7. The highest BCUT2D eigenvalue weighted by molar-refractivity contribution is 7.89. The van der Waals surface area contributed by atoms with E-state index in [0.717, 1.165) is 63.4 Å². The number of rotatable bonds is 15. The van der Waals surface area contributed by atoms with Crippen molar-refractivity contribution in [3.8, 4) is 0 Å². The maximum absolute atomic E-state index is 13.3. The second kappa shape index (κ2) is 15.8. The molecule has 0 bridgehead atoms. The van der Waals surface area contributed by atoms with Crippen molar-refractivity contribution >= 4 is 33.8 Å². The Labute approximate surface area is 284 Å². The normalized spacial score (nSPS) is 25.8. The Morgan fingerprint density at radius 2 is 1.81 bits per heavy atom. The van der Waals surface area contributed by atoms with Gasteiger partial charge in [0.1, 0.15) is 11.6 Å². The van der Waals surface area contributed by atoms with Crippen LogP contribution in [0.25, 0.3) is 0 Å². The lowest BCUT2D eigenvalue weighted by Crippen LogP contribution is -2.55. The fourth-order valence-corrected chi connectivity index (χ4v) is 9.22. The fraction of sp³-hybridized carbons (Fsp3) is 0.657. The van der Waals surface area contributed by atoms with Gasteiger partial charge in [-0.3, -0.25) is 9.59 Å². The minimum atomic E-state index is -3.67. The third kappa shape index (κ3) is 8.22. The van der Waals surface area contributed by atoms with Gasteiger partial charge >= 0.3 is 12.0 Å². The number of hydrogen-bond donors (Lipinski definition) is 4. The van der Waals surface area contributed by atoms with Gasteiger partial charge in [0.2, 0.25) is 21.8 Å². The molecule has 4 atom stereocenters. The summed E-state index contributed by atoms with van der Waals surface area (Å²) in [4.78, 5) is 53.6. The summed E-state index contributed by atoms with van der Waals surface area (Å²) in [7, 11) is -3.67. The van der Waals surface area contributed by atoms with Gasteiger partial charge < -0.3 is 26.0 Å². The van der Waals surface area contributed by atoms with Gasteiger partial charge in [0.05, 0.1) is 11.4 Å². The lowest BCUT2D eigenvalue weighted by atomic mass is 9.84. The van der Waals surface area contributed by atoms with Gasteiger partial charge in [-0.2, -0.15) is 4.31 Å². The van der Waals surface area contributed by atoms with Crippen molar-refractivity contribution in [1.82, 2.24) is 25.2 Å². The number of fused-ring (bicyclic) bond motifs is 1. The average molecular weight is 686 g/mol. The predicted octanol–water partition coefficient (Wildman–Crippen LogP) is 3.92. The number of carboxylic acids is 1. The lowest BCUT2D eigenvalue weighted by Gasteiger charge is -2.33. The summed E-state index contributed by atoms with van der Waals surface area (Å²) in [5.41, 5.74) is -0.620. The van der Waals surface area contributed by atoms with Crippen molar-refractivity contribution in [2.24, 2.45) is 11.8 Å². The molecule has 0 spiro atoms. The number of sulfonamides is 1. The summed E-state index contributed by atoms with van der Waals surface area (Å²) >= 11 is 0. The standard InChI is InChI=1S/C35H51N5O7S/c1-2-3-4-5-6-10-17-27-21-35(27,33(43)44)38-32(42)29-18-13-20-40(29)31(41)22-36-34(45)37-28(25-14-8-7-9-15-25)24-39-23-26-16-11-12-19-30(26)48(39,46)47/h10-12,16-17,19,25,27-29H,2-9,13-15,18,20-24H2,1H3,(H,38,42)(H,43,44)(H2,36,37,45)/b17-10-/t27?,28?,29-,35+/m0/s1. The number of urea groups is 1. The maximum atomic E-state index is 13.3. The SMILES string of the molecule is CCCCCC/C=C\C1C[C@]1(NC(=O)[C@@H]1CCCN1C(=O)CNC(=O)NC(CN1Cc2ccccc2S1(=O)=O)C1CCCCC1)C(=O)O. The molecule has 2 unspecified atom stereocenters. The van der Waals surface area contributed by atoms with Crippen molar-refractivity contribution in [2.45, 2.75) is 119 Å². The molecule has 13 heteroatoms. The summed E-state index contributed by atoms with van der Waals surface area (Å²) in [6.07, 6.45) is 15.5. The van der Waals surface area contributed by atoms with E-state index in [1.807, 2.05) is 18.2 Å². The van der Waals surface area contributed by atoms with Gasteiger partial charge in [0.25, 0.3) is 0 Å². The molecule has 4 aliphatic rings. The molecular formula is C35H51N5O7S. The zero-order valence-electron chi connectivity index (χ0n) is 28.0. The van der Waals surface area contributed by atoms with E-state index in [2.05, 4.69) is 22.9 Å². The number of unbranched alkanes of at least 4 members (excludes halogenated alkanes) is 4. The van der Waals surface area contributed by atoms with E-state index < -0.39 is 51.5 Å². The van der Waals surface area contributed by atoms with Crippen LogP contribution in [-0.4, -0.2) is 83.8 Å². The largest absolute Gasteiger partial charge is 0.479 e. The molecule has 2 aliphatic carbocycles. The zero-order valence-corrected chi connectivity index (χ0v) is 28.8. The summed E-state index contributed by atoms with van der Waals surface area (Å²) in [5.74, 6) is -2.18. The molecule has 264 valence electrons. The van der Waals surface area contributed by atoms with Gasteiger partial charge in [0, 0.05) is 31.6 Å². The summed E-state index contributed by atoms with van der Waals surface area (Å²) in [5, 5.41) is 18.3. The summed E-state index contributed by atoms with van der Waals surface area (Å²) in [6.45, 7) is 2.53. The highest BCUT2D eigenvalue weighted by atomic mass is 32.2. The van der Waals surface area contributed by atoms with E-state index in [1.54, 1.807) is 18.2 Å². The van der Waals surface area contributed by atoms with Crippen LogP contribution in [0.1, 0.15) is 96.0 Å². The zero-order chi connectivity index (χ0) is 34.3. The van der Waals surface area contributed by atoms with E-state index in [9.17, 15) is 32.7 Å². The molecule has 0 aromatic heterocycles. The molecule has 2 heterocycles. The predicted molar refractivity (Wildman–Crippen MR) is 180 cm³/mol. The van der Waals surface area contributed by atoms with Crippen LogP contribution in [0.15, 0.2) is 41.3 Å². The molecule has 0 radical (unpaired) electrons. The van der Waals surface area contributed by atoms with Crippen molar-refractivity contribution in [1.29, 1.82) is 0 Å². The minimum Gasteiger partial charge on any atom is -0.479 e. The Balaban J connectivity index is 1.14. The Kier molecular flexibility index (Phi) is 11.8. The van der Waals surface area contributed by atoms with Crippen LogP contribution >= 0.6 is 0 Å². The van der Waals surface area contributed by atoms with Crippen molar-refractivity contribution in [3.05, 3.63) is 42.0 Å². The molecule has 3 fully saturated rings. The molecular weight excluding hydrogens is 634 g/mol. The molecule has 2 saturated carbocycles. The molecule has 1 aromatic rings. The van der Waals surface area contributed by atoms with Crippen LogP contribution in [0, 0.1) is 11.8 Å². The number of allylic oxidation sites excluding steroid dienone is 1. The van der Waals surface area contributed by atoms with Crippen LogP contribution in [0.5, 0.6) is 0 Å². The molecule has 1 aromatic carbocycles. The second-order valence-electron chi connectivity index (χ2n) is 13.8. The highest BCUT2D eigenvalue weighted by Gasteiger charge is 2.61. The third-order valence-electron chi connectivity index (χ3n) is 10.5. The lowest BCUT2D eigenvalue weighted by molar-refractivity contribution is -0.145. The number of nitrogens with one attached hydrogen (secondary N) is 3. The van der Waals surface area contributed by atoms with Gasteiger partial charge in [-0.15, -0.1) is 0 Å². The molecule has 4 N–H and O–H groups in total. The number of hydrogen-bond acceptors (Lipinski definition) is 6. The Morgan fingerprint density at radius 3 is 2.54 bits per heavy atom. The number of carbonyl (C=O) groups is 4. The smallest absolute Gasteiger partial charge is 0.330 e. The first kappa shape index (κ1) is 35.8. The van der Waals surface area contributed by atoms with E-state index >= 15 is 0 Å². The number of likely N-dealkylation sites (tertiary alicyclic amines) is 1. The summed E-state index contributed by atoms with van der Waals surface area (Å²) in [6, 6.07) is 5.12. The maximum Gasteiger partial charge on any atom is 0.330 e. The average Bonchev–Trinajstić information content (AvgIpc) is 3.42. The Morgan fingerprint density at radius 1 is 1.04 bits per heavy atom. The first-order chi connectivity index (χ1) is 23.1. The molecule has 2 aliphatic heterocycles. The Hall–Kier alpha value is -3.45. The molecule has 4 amide bonds. The number of nitrogens with zero attached hydrogens (tertiary/aromatic N) is 2. The van der Waals surface area contributed by atoms with Crippen LogP contribution in [-0.2, 0) is 31.0 Å². The minimum absolute atomic E-state index is 0.106. The quantitative estimate of drug-likeness (QED) is 0.161. The highest BCUT2D eigenvalue weighted by Crippen LogP contribution is 2.45. The van der Waals surface area contributed by atoms with Crippen molar-refractivity contribution in [2.75, 3.05) is 19.6 Å². The van der Waals surface area contributed by atoms with Crippen LogP contribution in [0.3, 0.4) is 0 Å². The number of benzene rings is 1. The molecule has 5 rings (SSSR count). The monoisotopic (exact) mass is 685 g/mol. The topological polar surface area (TPSA) is 165 Å². The number of aliphatic carboxylic acids is 1. The Bertz CT molecular complexity index is 1480. The van der Waals surface area contributed by atoms with Crippen LogP contribution < -0.4 is 16.0 Å². The fourth-order valence-electron chi connectivity index (χ4n) is 7.56. The summed E-state index contributed by atoms with van der Waals surface area (Å²) < 4.78 is 27.9. The van der Waals surface area contributed by atoms with Crippen molar-refractivity contribution in [3.63, 3.8) is 0 Å². The number of carboxylic acid groups (broad SMARTS) is 1. The van der Waals surface area contributed by atoms with Crippen molar-refractivity contribution < 1.29 is 32.7 Å². The molecule has 48 heavy (non-hydrogen) atoms. The van der Waals surface area contributed by atoms with Crippen LogP contribution in [0.4, 0.5) is 4.79 Å². The van der Waals surface area contributed by atoms with Crippen LogP contribution in [0.2, 0.25) is 0 Å². The van der Waals surface area contributed by atoms with E-state index in [4.69, 9.17) is 0 Å². The van der Waals surface area contributed by atoms with E-state index in [-0.39, 0.29) is 31.5 Å². The first-order valence-corrected chi connectivity index (χ1v) is 19.1. The van der Waals surface area contributed by atoms with E-state index in [1.165, 1.54) is 15.6 Å².